The molecule has 0 fully saturated rings. The second-order valence-electron chi connectivity index (χ2n) is 15.7. The van der Waals surface area contributed by atoms with Gasteiger partial charge in [0.15, 0.2) is 0 Å². The smallest absolute Gasteiger partial charge is 0.0945 e. The van der Waals surface area contributed by atoms with E-state index in [-0.39, 0.29) is 5.41 Å². The lowest BCUT2D eigenvalue weighted by molar-refractivity contribution is 0.525. The van der Waals surface area contributed by atoms with Crippen LogP contribution in [0.4, 0.5) is 0 Å². The summed E-state index contributed by atoms with van der Waals surface area (Å²) in [7, 11) is 2.11. The molecular weight excluding hydrogens is 663 g/mol. The van der Waals surface area contributed by atoms with Gasteiger partial charge < -0.3 is 5.32 Å². The molecule has 8 aromatic rings. The number of rotatable bonds is 6. The number of benzene rings is 8. The van der Waals surface area contributed by atoms with Crippen molar-refractivity contribution in [2.24, 2.45) is 0 Å². The lowest BCUT2D eigenvalue weighted by atomic mass is 9.55. The molecule has 0 aromatic heterocycles. The van der Waals surface area contributed by atoms with Gasteiger partial charge in [0.2, 0.25) is 0 Å². The summed E-state index contributed by atoms with van der Waals surface area (Å²) in [5.41, 5.74) is 18.0. The van der Waals surface area contributed by atoms with E-state index in [2.05, 4.69) is 226 Å². The van der Waals surface area contributed by atoms with Crippen molar-refractivity contribution in [2.45, 2.75) is 30.2 Å². The summed E-state index contributed by atoms with van der Waals surface area (Å²) in [6, 6.07) is 74.4. The maximum Gasteiger partial charge on any atom is 0.0945 e. The quantitative estimate of drug-likeness (QED) is 0.170. The number of hydrogen-bond donors (Lipinski definition) is 1. The molecule has 0 bridgehead atoms. The van der Waals surface area contributed by atoms with Gasteiger partial charge in [-0.3, -0.25) is 0 Å². The monoisotopic (exact) mass is 705 g/mol. The van der Waals surface area contributed by atoms with Crippen LogP contribution in [0.1, 0.15) is 63.9 Å². The molecule has 0 saturated carbocycles. The second kappa shape index (κ2) is 12.7. The second-order valence-corrected chi connectivity index (χ2v) is 15.7. The van der Waals surface area contributed by atoms with Crippen LogP contribution in [-0.2, 0) is 16.4 Å². The maximum absolute atomic E-state index is 3.93. The van der Waals surface area contributed by atoms with Crippen LogP contribution >= 0.6 is 0 Å². The minimum absolute atomic E-state index is 0.132. The topological polar surface area (TPSA) is 12.0 Å². The molecule has 8 aromatic carbocycles. The molecule has 0 aliphatic heterocycles. The highest BCUT2D eigenvalue weighted by molar-refractivity contribution is 5.89. The standard InChI is InChI=1S/C54H43N/c1-52(2)48-25-12-14-27-50(48)53(51-28-15-13-26-49(51)52)46-24-11-10-23-44(46)45-36-43(33-34-47(45)53)54(55-3,41-31-29-39(30-32-41)37-17-6-4-7-18-37)42-22-16-21-40(35-42)38-19-8-5-9-20-38/h4-36,55H,1-3H3. The molecule has 10 rings (SSSR count). The van der Waals surface area contributed by atoms with E-state index in [0.29, 0.717) is 0 Å². The largest absolute Gasteiger partial charge is 0.303 e. The van der Waals surface area contributed by atoms with Gasteiger partial charge in [0.1, 0.15) is 0 Å². The fraction of sp³-hybridized carbons (Fsp3) is 0.111. The van der Waals surface area contributed by atoms with Crippen LogP contribution < -0.4 is 5.32 Å². The zero-order chi connectivity index (χ0) is 37.2. The highest BCUT2D eigenvalue weighted by Gasteiger charge is 2.53. The van der Waals surface area contributed by atoms with Gasteiger partial charge in [-0.05, 0) is 103 Å². The summed E-state index contributed by atoms with van der Waals surface area (Å²) in [5.74, 6) is 0. The normalized spacial score (nSPS) is 15.3. The molecule has 1 atom stereocenters. The maximum atomic E-state index is 3.93. The van der Waals surface area contributed by atoms with Crippen molar-refractivity contribution in [3.63, 3.8) is 0 Å². The summed E-state index contributed by atoms with van der Waals surface area (Å²) in [4.78, 5) is 0. The fourth-order valence-electron chi connectivity index (χ4n) is 10.1. The Balaban J connectivity index is 1.24. The zero-order valence-electron chi connectivity index (χ0n) is 31.6. The molecule has 0 saturated heterocycles. The Hall–Kier alpha value is -6.28. The predicted molar refractivity (Wildman–Crippen MR) is 229 cm³/mol. The number of fused-ring (bicyclic) bond motifs is 9. The van der Waals surface area contributed by atoms with Crippen molar-refractivity contribution in [3.8, 4) is 33.4 Å². The molecule has 1 unspecified atom stereocenters. The van der Waals surface area contributed by atoms with Gasteiger partial charge >= 0.3 is 0 Å². The van der Waals surface area contributed by atoms with Crippen LogP contribution in [0.15, 0.2) is 200 Å². The Labute approximate surface area is 325 Å². The van der Waals surface area contributed by atoms with Crippen molar-refractivity contribution in [1.29, 1.82) is 0 Å². The Bertz CT molecular complexity index is 2660. The molecule has 55 heavy (non-hydrogen) atoms. The van der Waals surface area contributed by atoms with Crippen molar-refractivity contribution in [1.82, 2.24) is 5.32 Å². The van der Waals surface area contributed by atoms with Crippen LogP contribution in [0.25, 0.3) is 33.4 Å². The van der Waals surface area contributed by atoms with Gasteiger partial charge in [-0.15, -0.1) is 0 Å². The van der Waals surface area contributed by atoms with E-state index in [1.807, 2.05) is 0 Å². The van der Waals surface area contributed by atoms with Crippen LogP contribution in [0.5, 0.6) is 0 Å². The first-order valence-electron chi connectivity index (χ1n) is 19.4. The van der Waals surface area contributed by atoms with Gasteiger partial charge in [0, 0.05) is 5.41 Å². The SMILES string of the molecule is CNC(c1ccc(-c2ccccc2)cc1)(c1cccc(-c2ccccc2)c1)c1ccc2c(c1)-c1ccccc1C21c2ccccc2C(C)(C)c2ccccc21. The number of nitrogens with one attached hydrogen (secondary N) is 1. The van der Waals surface area contributed by atoms with Gasteiger partial charge in [-0.25, -0.2) is 0 Å². The molecule has 0 heterocycles. The highest BCUT2D eigenvalue weighted by Crippen LogP contribution is 2.62. The van der Waals surface area contributed by atoms with Crippen LogP contribution in [0.3, 0.4) is 0 Å². The lowest BCUT2D eigenvalue weighted by Gasteiger charge is -2.46. The molecule has 2 aliphatic rings. The van der Waals surface area contributed by atoms with Crippen LogP contribution in [-0.4, -0.2) is 7.05 Å². The van der Waals surface area contributed by atoms with E-state index in [1.165, 1.54) is 83.5 Å². The van der Waals surface area contributed by atoms with Gasteiger partial charge in [0.05, 0.1) is 11.0 Å². The fourth-order valence-corrected chi connectivity index (χ4v) is 10.1. The molecule has 2 aliphatic carbocycles. The third kappa shape index (κ3) is 4.76. The Morgan fingerprint density at radius 1 is 0.345 bits per heavy atom. The van der Waals surface area contributed by atoms with Crippen LogP contribution in [0, 0.1) is 0 Å². The highest BCUT2D eigenvalue weighted by atomic mass is 14.9. The first-order chi connectivity index (χ1) is 27.0. The molecule has 264 valence electrons. The molecule has 1 nitrogen and oxygen atoms in total. The first kappa shape index (κ1) is 33.3. The van der Waals surface area contributed by atoms with E-state index in [0.717, 1.165) is 0 Å². The van der Waals surface area contributed by atoms with Gasteiger partial charge in [-0.1, -0.05) is 202 Å². The molecule has 1 N–H and O–H groups in total. The average Bonchev–Trinajstić information content (AvgIpc) is 3.55. The molecule has 1 spiro atoms. The summed E-state index contributed by atoms with van der Waals surface area (Å²) in [6.45, 7) is 4.77. The number of hydrogen-bond acceptors (Lipinski definition) is 1. The van der Waals surface area contributed by atoms with E-state index >= 15 is 0 Å². The summed E-state index contributed by atoms with van der Waals surface area (Å²) in [6.07, 6.45) is 0. The summed E-state index contributed by atoms with van der Waals surface area (Å²) < 4.78 is 0. The molecular formula is C54H43N. The van der Waals surface area contributed by atoms with E-state index in [4.69, 9.17) is 0 Å². The van der Waals surface area contributed by atoms with Gasteiger partial charge in [0.25, 0.3) is 0 Å². The molecule has 0 radical (unpaired) electrons. The van der Waals surface area contributed by atoms with Crippen molar-refractivity contribution in [3.05, 3.63) is 250 Å². The Morgan fingerprint density at radius 2 is 0.800 bits per heavy atom. The first-order valence-corrected chi connectivity index (χ1v) is 19.4. The third-order valence-corrected chi connectivity index (χ3v) is 12.7. The van der Waals surface area contributed by atoms with E-state index in [9.17, 15) is 0 Å². The minimum atomic E-state index is -0.649. The predicted octanol–water partition coefficient (Wildman–Crippen LogP) is 12.5. The van der Waals surface area contributed by atoms with Crippen molar-refractivity contribution < 1.29 is 0 Å². The average molecular weight is 706 g/mol. The Morgan fingerprint density at radius 3 is 1.42 bits per heavy atom. The Kier molecular flexibility index (Phi) is 7.66. The molecule has 0 amide bonds. The summed E-state index contributed by atoms with van der Waals surface area (Å²) >= 11 is 0. The van der Waals surface area contributed by atoms with E-state index < -0.39 is 11.0 Å². The van der Waals surface area contributed by atoms with Crippen LogP contribution in [0.2, 0.25) is 0 Å². The van der Waals surface area contributed by atoms with E-state index in [1.54, 1.807) is 0 Å². The van der Waals surface area contributed by atoms with Crippen molar-refractivity contribution >= 4 is 0 Å². The lowest BCUT2D eigenvalue weighted by Crippen LogP contribution is -2.42. The van der Waals surface area contributed by atoms with Crippen molar-refractivity contribution in [2.75, 3.05) is 7.05 Å². The summed E-state index contributed by atoms with van der Waals surface area (Å²) in [5, 5.41) is 3.93. The molecule has 1 heteroatoms. The third-order valence-electron chi connectivity index (χ3n) is 12.7. The minimum Gasteiger partial charge on any atom is -0.303 e. The van der Waals surface area contributed by atoms with Gasteiger partial charge in [-0.2, -0.15) is 0 Å². The zero-order valence-corrected chi connectivity index (χ0v) is 31.6.